The first kappa shape index (κ1) is 14.7. The number of hydrogen-bond acceptors (Lipinski definition) is 5. The van der Waals surface area contributed by atoms with Gasteiger partial charge in [0.1, 0.15) is 5.84 Å². The minimum atomic E-state index is -2.40. The lowest BCUT2D eigenvalue weighted by atomic mass is 10.2. The van der Waals surface area contributed by atoms with Crippen molar-refractivity contribution in [3.8, 4) is 0 Å². The van der Waals surface area contributed by atoms with Gasteiger partial charge < -0.3 is 5.32 Å². The number of nitrogens with zero attached hydrogens (tertiary/aromatic N) is 2. The molecule has 0 saturated heterocycles. The molecule has 112 valence electrons. The van der Waals surface area contributed by atoms with Gasteiger partial charge in [0.05, 0.1) is 10.2 Å². The molecule has 0 amide bonds. The molecule has 2 heterocycles. The summed E-state index contributed by atoms with van der Waals surface area (Å²) in [7, 11) is 0. The van der Waals surface area contributed by atoms with Crippen LogP contribution >= 0.6 is 23.1 Å². The molecule has 3 nitrogen and oxygen atoms in total. The van der Waals surface area contributed by atoms with Gasteiger partial charge in [-0.15, -0.1) is 0 Å². The molecule has 21 heavy (non-hydrogen) atoms. The third-order valence-electron chi connectivity index (χ3n) is 3.21. The molecule has 1 N–H and O–H groups in total. The van der Waals surface area contributed by atoms with Crippen LogP contribution in [0.3, 0.4) is 0 Å². The van der Waals surface area contributed by atoms with Crippen molar-refractivity contribution < 1.29 is 8.78 Å². The number of amidine groups is 1. The lowest BCUT2D eigenvalue weighted by Gasteiger charge is -2.03. The number of aromatic nitrogens is 1. The smallest absolute Gasteiger partial charge is 0.288 e. The van der Waals surface area contributed by atoms with Crippen LogP contribution in [0.5, 0.6) is 0 Å². The Balaban J connectivity index is 1.78. The zero-order chi connectivity index (χ0) is 14.7. The highest BCUT2D eigenvalue weighted by molar-refractivity contribution is 7.99. The normalized spacial score (nSPS) is 16.0. The van der Waals surface area contributed by atoms with Crippen molar-refractivity contribution in [3.05, 3.63) is 18.2 Å². The lowest BCUT2D eigenvalue weighted by Crippen LogP contribution is -2.11. The molecule has 0 aliphatic carbocycles. The summed E-state index contributed by atoms with van der Waals surface area (Å²) in [4.78, 5) is 9.57. The summed E-state index contributed by atoms with van der Waals surface area (Å²) in [6, 6.07) is 5.24. The highest BCUT2D eigenvalue weighted by Gasteiger charge is 2.11. The zero-order valence-electron chi connectivity index (χ0n) is 11.3. The molecule has 2 aromatic rings. The number of alkyl halides is 2. The number of rotatable bonds is 3. The monoisotopic (exact) mass is 327 g/mol. The van der Waals surface area contributed by atoms with Gasteiger partial charge in [0.2, 0.25) is 0 Å². The third kappa shape index (κ3) is 3.91. The Hall–Kier alpha value is -1.21. The minimum absolute atomic E-state index is 0.562. The number of nitrogens with one attached hydrogen (secondary N) is 1. The van der Waals surface area contributed by atoms with Crippen molar-refractivity contribution in [3.63, 3.8) is 0 Å². The van der Waals surface area contributed by atoms with Crippen LogP contribution in [0.2, 0.25) is 0 Å². The second-order valence-corrected chi connectivity index (χ2v) is 6.89. The van der Waals surface area contributed by atoms with Gasteiger partial charge in [-0.3, -0.25) is 4.99 Å². The summed E-state index contributed by atoms with van der Waals surface area (Å²) >= 11 is 2.04. The van der Waals surface area contributed by atoms with Crippen LogP contribution < -0.4 is 5.32 Å². The predicted octanol–water partition coefficient (Wildman–Crippen LogP) is 5.00. The van der Waals surface area contributed by atoms with E-state index in [1.165, 1.54) is 17.8 Å². The Labute approximate surface area is 129 Å². The maximum atomic E-state index is 12.4. The second-order valence-electron chi connectivity index (χ2n) is 4.79. The Morgan fingerprint density at radius 2 is 2.14 bits per heavy atom. The van der Waals surface area contributed by atoms with E-state index < -0.39 is 5.76 Å². The molecule has 0 saturated carbocycles. The molecule has 1 aliphatic heterocycles. The number of benzene rings is 1. The number of hydrogen-bond donors (Lipinski definition) is 1. The van der Waals surface area contributed by atoms with Gasteiger partial charge in [-0.2, -0.15) is 8.78 Å². The maximum Gasteiger partial charge on any atom is 0.288 e. The van der Waals surface area contributed by atoms with Gasteiger partial charge in [0.25, 0.3) is 5.76 Å². The average molecular weight is 327 g/mol. The van der Waals surface area contributed by atoms with Crippen molar-refractivity contribution in [2.75, 3.05) is 11.9 Å². The highest BCUT2D eigenvalue weighted by Crippen LogP contribution is 2.32. The van der Waals surface area contributed by atoms with Crippen molar-refractivity contribution >= 4 is 44.3 Å². The number of fused-ring (bicyclic) bond motifs is 1. The summed E-state index contributed by atoms with van der Waals surface area (Å²) in [5, 5.41) is 4.06. The maximum absolute atomic E-state index is 12.4. The fourth-order valence-corrected chi connectivity index (χ4v) is 3.77. The molecule has 3 rings (SSSR count). The minimum Gasteiger partial charge on any atom is -0.320 e. The zero-order valence-corrected chi connectivity index (χ0v) is 12.9. The van der Waals surface area contributed by atoms with Gasteiger partial charge in [0.15, 0.2) is 5.13 Å². The Kier molecular flexibility index (Phi) is 4.70. The standard InChI is InChI=1S/C14H15F2N3S2/c15-13(16)20-9-5-6-10-11(8-9)21-14(18-10)19-12-4-2-1-3-7-17-12/h5-6,8,13H,1-4,7H2,(H,17,18,19). The molecule has 7 heteroatoms. The van der Waals surface area contributed by atoms with Crippen molar-refractivity contribution in [1.29, 1.82) is 0 Å². The molecular formula is C14H15F2N3S2. The van der Waals surface area contributed by atoms with Crippen LogP contribution in [0.1, 0.15) is 25.7 Å². The summed E-state index contributed by atoms with van der Waals surface area (Å²) in [5.41, 5.74) is 0.829. The molecular weight excluding hydrogens is 312 g/mol. The van der Waals surface area contributed by atoms with E-state index in [2.05, 4.69) is 15.3 Å². The van der Waals surface area contributed by atoms with Gasteiger partial charge in [-0.1, -0.05) is 29.5 Å². The van der Waals surface area contributed by atoms with E-state index in [0.717, 1.165) is 47.0 Å². The largest absolute Gasteiger partial charge is 0.320 e. The molecule has 1 aliphatic rings. The topological polar surface area (TPSA) is 37.3 Å². The first-order valence-electron chi connectivity index (χ1n) is 6.86. The summed E-state index contributed by atoms with van der Waals surface area (Å²) < 4.78 is 25.7. The quantitative estimate of drug-likeness (QED) is 0.807. The summed E-state index contributed by atoms with van der Waals surface area (Å²) in [6.07, 6.45) is 4.44. The molecule has 0 fully saturated rings. The molecule has 1 aromatic heterocycles. The van der Waals surface area contributed by atoms with Crippen molar-refractivity contribution in [2.24, 2.45) is 4.99 Å². The molecule has 0 atom stereocenters. The van der Waals surface area contributed by atoms with Crippen molar-refractivity contribution in [1.82, 2.24) is 4.98 Å². The first-order chi connectivity index (χ1) is 10.2. The molecule has 0 radical (unpaired) electrons. The fourth-order valence-electron chi connectivity index (χ4n) is 2.23. The van der Waals surface area contributed by atoms with Crippen LogP contribution in [0.15, 0.2) is 28.1 Å². The van der Waals surface area contributed by atoms with E-state index in [9.17, 15) is 8.78 Å². The third-order valence-corrected chi connectivity index (χ3v) is 4.85. The number of thiazole rings is 1. The fraction of sp³-hybridized carbons (Fsp3) is 0.429. The van der Waals surface area contributed by atoms with E-state index >= 15 is 0 Å². The SMILES string of the molecule is FC(F)Sc1ccc2nc(NC3=NCCCCC3)sc2c1. The van der Waals surface area contributed by atoms with E-state index in [-0.39, 0.29) is 0 Å². The van der Waals surface area contributed by atoms with E-state index in [1.807, 2.05) is 0 Å². The van der Waals surface area contributed by atoms with Crippen LogP contribution in [-0.4, -0.2) is 23.1 Å². The lowest BCUT2D eigenvalue weighted by molar-refractivity contribution is 0.252. The van der Waals surface area contributed by atoms with Crippen LogP contribution in [-0.2, 0) is 0 Å². The van der Waals surface area contributed by atoms with Crippen LogP contribution in [0, 0.1) is 0 Å². The first-order valence-corrected chi connectivity index (χ1v) is 8.56. The number of halogens is 2. The Morgan fingerprint density at radius 1 is 1.24 bits per heavy atom. The summed E-state index contributed by atoms with van der Waals surface area (Å²) in [6.45, 7) is 0.863. The van der Waals surface area contributed by atoms with Crippen molar-refractivity contribution in [2.45, 2.75) is 36.3 Å². The van der Waals surface area contributed by atoms with E-state index in [4.69, 9.17) is 0 Å². The average Bonchev–Trinajstić information content (AvgIpc) is 2.65. The van der Waals surface area contributed by atoms with Crippen LogP contribution in [0.25, 0.3) is 10.2 Å². The number of aliphatic imine (C=N–C) groups is 1. The second kappa shape index (κ2) is 6.70. The van der Waals surface area contributed by atoms with Crippen LogP contribution in [0.4, 0.5) is 13.9 Å². The van der Waals surface area contributed by atoms with Gasteiger partial charge >= 0.3 is 0 Å². The van der Waals surface area contributed by atoms with E-state index in [1.54, 1.807) is 18.2 Å². The highest BCUT2D eigenvalue weighted by atomic mass is 32.2. The van der Waals surface area contributed by atoms with Gasteiger partial charge in [-0.25, -0.2) is 4.98 Å². The van der Waals surface area contributed by atoms with E-state index in [0.29, 0.717) is 16.7 Å². The van der Waals surface area contributed by atoms with Gasteiger partial charge in [0, 0.05) is 17.9 Å². The molecule has 0 bridgehead atoms. The predicted molar refractivity (Wildman–Crippen MR) is 85.9 cm³/mol. The number of thioether (sulfide) groups is 1. The number of anilines is 1. The Morgan fingerprint density at radius 3 is 3.00 bits per heavy atom. The molecule has 1 aromatic carbocycles. The molecule has 0 spiro atoms. The Bertz CT molecular complexity index is 655. The summed E-state index contributed by atoms with van der Waals surface area (Å²) in [5.74, 6) is -1.41. The molecule has 0 unspecified atom stereocenters. The van der Waals surface area contributed by atoms with Gasteiger partial charge in [-0.05, 0) is 31.0 Å².